The van der Waals surface area contributed by atoms with Crippen molar-refractivity contribution < 1.29 is 44.2 Å². The zero-order valence-corrected chi connectivity index (χ0v) is 20.9. The molecule has 0 radical (unpaired) electrons. The van der Waals surface area contributed by atoms with Gasteiger partial charge in [-0.1, -0.05) is 96.8 Å². The molecule has 0 heterocycles. The fourth-order valence-electron chi connectivity index (χ4n) is 3.13. The number of nitrogens with zero attached hydrogens (tertiary/aromatic N) is 1. The van der Waals surface area contributed by atoms with Gasteiger partial charge in [-0.25, -0.2) is 0 Å². The Morgan fingerprint density at radius 2 is 1.19 bits per heavy atom. The van der Waals surface area contributed by atoms with Crippen molar-refractivity contribution >= 4 is 5.97 Å². The Balaban J connectivity index is 0. The van der Waals surface area contributed by atoms with Gasteiger partial charge in [-0.2, -0.15) is 0 Å². The van der Waals surface area contributed by atoms with Crippen LogP contribution in [0, 0.1) is 0 Å². The Morgan fingerprint density at radius 3 is 1.52 bits per heavy atom. The van der Waals surface area contributed by atoms with Gasteiger partial charge in [-0.15, -0.1) is 0 Å². The van der Waals surface area contributed by atoms with E-state index < -0.39 is 12.1 Å². The number of hydrogen-bond acceptors (Lipinski definition) is 4. The van der Waals surface area contributed by atoms with Crippen LogP contribution in [0.15, 0.2) is 0 Å². The Morgan fingerprint density at radius 1 is 0.815 bits per heavy atom. The number of unbranched alkanes of at least 4 members (excludes halogenated alkanes) is 13. The summed E-state index contributed by atoms with van der Waals surface area (Å²) in [6.45, 7) is 4.13. The molecule has 27 heavy (non-hydrogen) atoms. The Bertz CT molecular complexity index is 327. The summed E-state index contributed by atoms with van der Waals surface area (Å²) >= 11 is 0. The second-order valence-corrected chi connectivity index (χ2v) is 7.89. The van der Waals surface area contributed by atoms with Crippen LogP contribution in [-0.2, 0) is 9.53 Å². The fourth-order valence-corrected chi connectivity index (χ4v) is 3.13. The van der Waals surface area contributed by atoms with E-state index in [0.717, 1.165) is 12.8 Å². The second-order valence-electron chi connectivity index (χ2n) is 7.89. The van der Waals surface area contributed by atoms with Crippen LogP contribution < -0.4 is 34.7 Å². The summed E-state index contributed by atoms with van der Waals surface area (Å²) in [5.41, 5.74) is 0. The second kappa shape index (κ2) is 21.1. The molecule has 5 heteroatoms. The van der Waals surface area contributed by atoms with Crippen molar-refractivity contribution in [3.05, 3.63) is 0 Å². The number of carboxylic acid groups (broad SMARTS) is 1. The van der Waals surface area contributed by atoms with Crippen LogP contribution in [0.3, 0.4) is 0 Å². The van der Waals surface area contributed by atoms with Crippen LogP contribution in [0.5, 0.6) is 0 Å². The average Bonchev–Trinajstić information content (AvgIpc) is 2.60. The molecule has 2 atom stereocenters. The largest absolute Gasteiger partial charge is 1.00 e. The quantitative estimate of drug-likeness (QED) is 0.191. The molecule has 0 aliphatic heterocycles. The van der Waals surface area contributed by atoms with E-state index in [1.54, 1.807) is 0 Å². The van der Waals surface area contributed by atoms with Gasteiger partial charge < -0.3 is 14.6 Å². The minimum Gasteiger partial charge on any atom is -0.547 e. The first kappa shape index (κ1) is 29.6. The van der Waals surface area contributed by atoms with Crippen molar-refractivity contribution in [2.75, 3.05) is 14.1 Å². The van der Waals surface area contributed by atoms with Gasteiger partial charge in [0.1, 0.15) is 6.23 Å². The third-order valence-corrected chi connectivity index (χ3v) is 5.17. The number of carboxylic acids is 1. The van der Waals surface area contributed by atoms with Crippen LogP contribution in [0.1, 0.15) is 110 Å². The molecule has 0 aliphatic carbocycles. The number of aliphatic carboxylic acids is 1. The van der Waals surface area contributed by atoms with Gasteiger partial charge in [0.05, 0.1) is 12.1 Å². The predicted octanol–water partition coefficient (Wildman–Crippen LogP) is 1.90. The Labute approximate surface area is 191 Å². The van der Waals surface area contributed by atoms with Crippen LogP contribution in [0.2, 0.25) is 0 Å². The molecule has 0 saturated heterocycles. The third kappa shape index (κ3) is 19.5. The molecule has 2 unspecified atom stereocenters. The smallest absolute Gasteiger partial charge is 0.547 e. The molecular formula is C22H44NNaO3. The third-order valence-electron chi connectivity index (χ3n) is 5.17. The van der Waals surface area contributed by atoms with E-state index in [9.17, 15) is 9.90 Å². The molecule has 156 valence electrons. The topological polar surface area (TPSA) is 52.6 Å². The van der Waals surface area contributed by atoms with Gasteiger partial charge in [0.15, 0.2) is 0 Å². The SMILES string of the molecule is CCCCCCCCCCCCCCCCC(OC(C)N(C)C)C(=O)[O-].[Na+]. The van der Waals surface area contributed by atoms with Crippen molar-refractivity contribution in [1.29, 1.82) is 0 Å². The maximum absolute atomic E-state index is 11.2. The number of ether oxygens (including phenoxy) is 1. The van der Waals surface area contributed by atoms with Crippen LogP contribution in [0.25, 0.3) is 0 Å². The van der Waals surface area contributed by atoms with E-state index in [0.29, 0.717) is 6.42 Å². The van der Waals surface area contributed by atoms with Crippen LogP contribution in [-0.4, -0.2) is 37.3 Å². The molecule has 0 aromatic carbocycles. The number of rotatable bonds is 19. The monoisotopic (exact) mass is 393 g/mol. The minimum absolute atomic E-state index is 0. The predicted molar refractivity (Wildman–Crippen MR) is 108 cm³/mol. The number of carbonyl (C=O) groups excluding carboxylic acids is 1. The van der Waals surface area contributed by atoms with E-state index in [1.807, 2.05) is 25.9 Å². The Kier molecular flexibility index (Phi) is 23.1. The van der Waals surface area contributed by atoms with Gasteiger partial charge in [-0.3, -0.25) is 4.90 Å². The molecule has 4 nitrogen and oxygen atoms in total. The van der Waals surface area contributed by atoms with Crippen molar-refractivity contribution in [3.63, 3.8) is 0 Å². The summed E-state index contributed by atoms with van der Waals surface area (Å²) in [5.74, 6) is -1.09. The molecule has 0 aromatic heterocycles. The minimum atomic E-state index is -1.09. The van der Waals surface area contributed by atoms with E-state index in [-0.39, 0.29) is 35.8 Å². The molecule has 0 rings (SSSR count). The summed E-state index contributed by atoms with van der Waals surface area (Å²) in [6.07, 6.45) is 17.8. The summed E-state index contributed by atoms with van der Waals surface area (Å²) in [6, 6.07) is 0. The zero-order chi connectivity index (χ0) is 19.6. The van der Waals surface area contributed by atoms with Crippen molar-refractivity contribution in [3.8, 4) is 0 Å². The number of hydrogen-bond donors (Lipinski definition) is 0. The van der Waals surface area contributed by atoms with Gasteiger partial charge in [0.2, 0.25) is 0 Å². The van der Waals surface area contributed by atoms with Crippen molar-refractivity contribution in [1.82, 2.24) is 4.90 Å². The van der Waals surface area contributed by atoms with Crippen molar-refractivity contribution in [2.45, 2.75) is 122 Å². The molecule has 0 bridgehead atoms. The maximum Gasteiger partial charge on any atom is 1.00 e. The standard InChI is InChI=1S/C22H45NO3.Na/c1-5-6-7-8-9-10-11-12-13-14-15-16-17-18-19-21(22(24)25)26-20(2)23(3)4;/h20-21H,5-19H2,1-4H3,(H,24,25);/q;+1/p-1. The van der Waals surface area contributed by atoms with E-state index in [2.05, 4.69) is 6.92 Å². The molecular weight excluding hydrogens is 349 g/mol. The molecule has 0 spiro atoms. The normalized spacial score (nSPS) is 13.4. The average molecular weight is 394 g/mol. The van der Waals surface area contributed by atoms with Crippen molar-refractivity contribution in [2.24, 2.45) is 0 Å². The summed E-state index contributed by atoms with van der Waals surface area (Å²) in [4.78, 5) is 13.0. The van der Waals surface area contributed by atoms with Gasteiger partial charge in [-0.05, 0) is 27.4 Å². The maximum atomic E-state index is 11.2. The van der Waals surface area contributed by atoms with Gasteiger partial charge in [0.25, 0.3) is 0 Å². The van der Waals surface area contributed by atoms with Crippen LogP contribution in [0.4, 0.5) is 0 Å². The first-order chi connectivity index (χ1) is 12.5. The Hall–Kier alpha value is 0.390. The van der Waals surface area contributed by atoms with E-state index in [1.165, 1.54) is 77.0 Å². The molecule has 0 amide bonds. The summed E-state index contributed by atoms with van der Waals surface area (Å²) in [7, 11) is 3.76. The van der Waals surface area contributed by atoms with Gasteiger partial charge >= 0.3 is 29.6 Å². The van der Waals surface area contributed by atoms with E-state index >= 15 is 0 Å². The fraction of sp³-hybridized carbons (Fsp3) is 0.955. The van der Waals surface area contributed by atoms with Crippen LogP contribution >= 0.6 is 0 Å². The molecule has 0 fully saturated rings. The molecule has 0 aromatic rings. The molecule has 0 saturated carbocycles. The summed E-state index contributed by atoms with van der Waals surface area (Å²) < 4.78 is 5.55. The number of carbonyl (C=O) groups is 1. The summed E-state index contributed by atoms with van der Waals surface area (Å²) in [5, 5.41) is 11.2. The zero-order valence-electron chi connectivity index (χ0n) is 18.9. The first-order valence-corrected chi connectivity index (χ1v) is 11.0. The first-order valence-electron chi connectivity index (χ1n) is 11.0. The molecule has 0 aliphatic rings. The molecule has 0 N–H and O–H groups in total. The van der Waals surface area contributed by atoms with E-state index in [4.69, 9.17) is 4.74 Å². The van der Waals surface area contributed by atoms with Gasteiger partial charge in [0, 0.05) is 0 Å².